The van der Waals surface area contributed by atoms with E-state index in [1.807, 2.05) is 0 Å². The number of hydrogen-bond acceptors (Lipinski definition) is 3. The molecule has 3 heterocycles. The Hall–Kier alpha value is -1.39. The fourth-order valence-corrected chi connectivity index (χ4v) is 2.89. The maximum atomic E-state index is 12.1. The highest BCUT2D eigenvalue weighted by molar-refractivity contribution is 6.30. The SMILES string of the molecule is O=c1cc(CN2CCCCCC2)nc2ccc(Cl)cn12. The van der Waals surface area contributed by atoms with Crippen molar-refractivity contribution in [1.29, 1.82) is 0 Å². The van der Waals surface area contributed by atoms with Gasteiger partial charge in [-0.3, -0.25) is 14.1 Å². The summed E-state index contributed by atoms with van der Waals surface area (Å²) < 4.78 is 1.49. The largest absolute Gasteiger partial charge is 0.298 e. The lowest BCUT2D eigenvalue weighted by Gasteiger charge is -2.19. The molecule has 0 unspecified atom stereocenters. The van der Waals surface area contributed by atoms with Gasteiger partial charge in [-0.15, -0.1) is 0 Å². The van der Waals surface area contributed by atoms with Gasteiger partial charge in [-0.1, -0.05) is 24.4 Å². The van der Waals surface area contributed by atoms with Crippen LogP contribution in [0.3, 0.4) is 0 Å². The van der Waals surface area contributed by atoms with Crippen molar-refractivity contribution < 1.29 is 0 Å². The van der Waals surface area contributed by atoms with Crippen molar-refractivity contribution in [3.05, 3.63) is 45.5 Å². The Morgan fingerprint density at radius 3 is 2.65 bits per heavy atom. The lowest BCUT2D eigenvalue weighted by molar-refractivity contribution is 0.273. The lowest BCUT2D eigenvalue weighted by Crippen LogP contribution is -2.26. The van der Waals surface area contributed by atoms with E-state index in [2.05, 4.69) is 9.88 Å². The van der Waals surface area contributed by atoms with E-state index >= 15 is 0 Å². The van der Waals surface area contributed by atoms with Crippen LogP contribution < -0.4 is 5.56 Å². The molecule has 1 aliphatic heterocycles. The minimum atomic E-state index is -0.0673. The summed E-state index contributed by atoms with van der Waals surface area (Å²) in [6.45, 7) is 2.96. The molecule has 0 spiro atoms. The highest BCUT2D eigenvalue weighted by Crippen LogP contribution is 2.13. The van der Waals surface area contributed by atoms with E-state index in [-0.39, 0.29) is 5.56 Å². The van der Waals surface area contributed by atoms with E-state index in [0.717, 1.165) is 25.3 Å². The summed E-state index contributed by atoms with van der Waals surface area (Å²) in [5.41, 5.74) is 1.44. The maximum absolute atomic E-state index is 12.1. The zero-order valence-electron chi connectivity index (χ0n) is 11.4. The summed E-state index contributed by atoms with van der Waals surface area (Å²) in [4.78, 5) is 19.1. The topological polar surface area (TPSA) is 37.6 Å². The third-order valence-electron chi connectivity index (χ3n) is 3.76. The summed E-state index contributed by atoms with van der Waals surface area (Å²) in [7, 11) is 0. The average Bonchev–Trinajstić information content (AvgIpc) is 2.68. The molecule has 0 amide bonds. The smallest absolute Gasteiger partial charge is 0.258 e. The third kappa shape index (κ3) is 3.02. The first-order valence-corrected chi connectivity index (χ1v) is 7.50. The van der Waals surface area contributed by atoms with Crippen molar-refractivity contribution >= 4 is 17.2 Å². The molecule has 106 valence electrons. The highest BCUT2D eigenvalue weighted by atomic mass is 35.5. The second-order valence-electron chi connectivity index (χ2n) is 5.35. The Morgan fingerprint density at radius 2 is 1.90 bits per heavy atom. The van der Waals surface area contributed by atoms with Crippen LogP contribution in [0.15, 0.2) is 29.2 Å². The van der Waals surface area contributed by atoms with E-state index in [1.54, 1.807) is 24.4 Å². The molecule has 1 aliphatic rings. The third-order valence-corrected chi connectivity index (χ3v) is 3.98. The fourth-order valence-electron chi connectivity index (χ4n) is 2.73. The van der Waals surface area contributed by atoms with Gasteiger partial charge >= 0.3 is 0 Å². The molecule has 2 aromatic rings. The van der Waals surface area contributed by atoms with Crippen molar-refractivity contribution in [1.82, 2.24) is 14.3 Å². The van der Waals surface area contributed by atoms with E-state index in [0.29, 0.717) is 10.7 Å². The minimum Gasteiger partial charge on any atom is -0.298 e. The lowest BCUT2D eigenvalue weighted by atomic mass is 10.2. The van der Waals surface area contributed by atoms with Gasteiger partial charge in [-0.05, 0) is 38.1 Å². The van der Waals surface area contributed by atoms with E-state index < -0.39 is 0 Å². The number of fused-ring (bicyclic) bond motifs is 1. The molecular formula is C15H18ClN3O. The summed E-state index contributed by atoms with van der Waals surface area (Å²) in [5.74, 6) is 0. The molecule has 0 aromatic carbocycles. The Morgan fingerprint density at radius 1 is 1.15 bits per heavy atom. The maximum Gasteiger partial charge on any atom is 0.258 e. The monoisotopic (exact) mass is 291 g/mol. The zero-order valence-corrected chi connectivity index (χ0v) is 12.1. The minimum absolute atomic E-state index is 0.0673. The van der Waals surface area contributed by atoms with Crippen LogP contribution in [0.2, 0.25) is 5.02 Å². The van der Waals surface area contributed by atoms with Crippen LogP contribution in [0.1, 0.15) is 31.4 Å². The van der Waals surface area contributed by atoms with Crippen LogP contribution in [0.5, 0.6) is 0 Å². The second kappa shape index (κ2) is 5.94. The average molecular weight is 292 g/mol. The number of hydrogen-bond donors (Lipinski definition) is 0. The standard InChI is InChI=1S/C15H18ClN3O/c16-12-5-6-14-17-13(9-15(20)19(14)10-12)11-18-7-3-1-2-4-8-18/h5-6,9-10H,1-4,7-8,11H2. The van der Waals surface area contributed by atoms with Gasteiger partial charge in [0.1, 0.15) is 5.65 Å². The van der Waals surface area contributed by atoms with Gasteiger partial charge in [0.05, 0.1) is 10.7 Å². The first-order chi connectivity index (χ1) is 9.72. The number of rotatable bonds is 2. The zero-order chi connectivity index (χ0) is 13.9. The molecule has 4 nitrogen and oxygen atoms in total. The van der Waals surface area contributed by atoms with Gasteiger partial charge in [-0.25, -0.2) is 4.98 Å². The summed E-state index contributed by atoms with van der Waals surface area (Å²) in [5, 5.41) is 0.543. The first kappa shape index (κ1) is 13.6. The number of aromatic nitrogens is 2. The Kier molecular flexibility index (Phi) is 4.03. The highest BCUT2D eigenvalue weighted by Gasteiger charge is 2.11. The molecule has 0 saturated carbocycles. The molecule has 1 fully saturated rings. The summed E-state index contributed by atoms with van der Waals surface area (Å²) in [6, 6.07) is 5.17. The van der Waals surface area contributed by atoms with Crippen LogP contribution >= 0.6 is 11.6 Å². The summed E-state index contributed by atoms with van der Waals surface area (Å²) in [6.07, 6.45) is 6.71. The Balaban J connectivity index is 1.88. The van der Waals surface area contributed by atoms with E-state index in [9.17, 15) is 4.79 Å². The van der Waals surface area contributed by atoms with Crippen LogP contribution in [0.4, 0.5) is 0 Å². The molecule has 0 atom stereocenters. The van der Waals surface area contributed by atoms with Crippen LogP contribution in [0.25, 0.3) is 5.65 Å². The molecule has 5 heteroatoms. The van der Waals surface area contributed by atoms with Crippen molar-refractivity contribution in [3.63, 3.8) is 0 Å². The van der Waals surface area contributed by atoms with Gasteiger partial charge in [0, 0.05) is 18.8 Å². The van der Waals surface area contributed by atoms with Gasteiger partial charge in [0.2, 0.25) is 0 Å². The molecule has 0 radical (unpaired) electrons. The molecular weight excluding hydrogens is 274 g/mol. The number of likely N-dealkylation sites (tertiary alicyclic amines) is 1. The fraction of sp³-hybridized carbons (Fsp3) is 0.467. The van der Waals surface area contributed by atoms with Crippen molar-refractivity contribution in [2.24, 2.45) is 0 Å². The number of nitrogens with zero attached hydrogens (tertiary/aromatic N) is 3. The van der Waals surface area contributed by atoms with E-state index in [1.165, 1.54) is 30.1 Å². The van der Waals surface area contributed by atoms with Gasteiger partial charge in [-0.2, -0.15) is 0 Å². The summed E-state index contributed by atoms with van der Waals surface area (Å²) >= 11 is 5.91. The second-order valence-corrected chi connectivity index (χ2v) is 5.79. The van der Waals surface area contributed by atoms with Gasteiger partial charge < -0.3 is 0 Å². The molecule has 3 rings (SSSR count). The van der Waals surface area contributed by atoms with Crippen LogP contribution in [-0.4, -0.2) is 27.4 Å². The number of pyridine rings is 1. The van der Waals surface area contributed by atoms with Gasteiger partial charge in [0.15, 0.2) is 0 Å². The molecule has 2 aromatic heterocycles. The van der Waals surface area contributed by atoms with Crippen molar-refractivity contribution in [2.75, 3.05) is 13.1 Å². The van der Waals surface area contributed by atoms with E-state index in [4.69, 9.17) is 11.6 Å². The van der Waals surface area contributed by atoms with Crippen LogP contribution in [0, 0.1) is 0 Å². The number of halogens is 1. The van der Waals surface area contributed by atoms with Crippen molar-refractivity contribution in [3.8, 4) is 0 Å². The molecule has 1 saturated heterocycles. The predicted molar refractivity (Wildman–Crippen MR) is 80.2 cm³/mol. The molecule has 0 N–H and O–H groups in total. The Bertz CT molecular complexity index is 660. The quantitative estimate of drug-likeness (QED) is 0.854. The van der Waals surface area contributed by atoms with Gasteiger partial charge in [0.25, 0.3) is 5.56 Å². The predicted octanol–water partition coefficient (Wildman–Crippen LogP) is 2.72. The molecule has 0 aliphatic carbocycles. The normalized spacial score (nSPS) is 17.2. The Labute approximate surface area is 123 Å². The molecule has 20 heavy (non-hydrogen) atoms. The van der Waals surface area contributed by atoms with Crippen molar-refractivity contribution in [2.45, 2.75) is 32.2 Å². The van der Waals surface area contributed by atoms with Crippen LogP contribution in [-0.2, 0) is 6.54 Å². The molecule has 0 bridgehead atoms. The first-order valence-electron chi connectivity index (χ1n) is 7.12.